The lowest BCUT2D eigenvalue weighted by Crippen LogP contribution is -2.42. The van der Waals surface area contributed by atoms with Crippen LogP contribution in [0.1, 0.15) is 39.3 Å². The van der Waals surface area contributed by atoms with E-state index in [1.165, 1.54) is 12.8 Å². The summed E-state index contributed by atoms with van der Waals surface area (Å²) in [7, 11) is 4.32. The molecule has 0 radical (unpaired) electrons. The van der Waals surface area contributed by atoms with Crippen LogP contribution in [0.3, 0.4) is 0 Å². The summed E-state index contributed by atoms with van der Waals surface area (Å²) in [5.41, 5.74) is 1.09. The first-order valence-electron chi connectivity index (χ1n) is 7.84. The third kappa shape index (κ3) is 4.93. The zero-order valence-corrected chi connectivity index (χ0v) is 14.1. The predicted molar refractivity (Wildman–Crippen MR) is 87.5 cm³/mol. The maximum Gasteiger partial charge on any atom is 0.151 e. The molecule has 0 unspecified atom stereocenters. The molecule has 0 saturated carbocycles. The van der Waals surface area contributed by atoms with Crippen molar-refractivity contribution in [2.45, 2.75) is 51.7 Å². The van der Waals surface area contributed by atoms with Crippen LogP contribution in [0.5, 0.6) is 0 Å². The van der Waals surface area contributed by atoms with E-state index in [0.717, 1.165) is 31.1 Å². The lowest BCUT2D eigenvalue weighted by molar-refractivity contribution is 0.252. The molecule has 5 heteroatoms. The molecule has 2 heterocycles. The van der Waals surface area contributed by atoms with Crippen LogP contribution in [0.15, 0.2) is 12.1 Å². The summed E-state index contributed by atoms with van der Waals surface area (Å²) in [6.07, 6.45) is 2.39. The first-order valence-corrected chi connectivity index (χ1v) is 7.84. The highest BCUT2D eigenvalue weighted by Gasteiger charge is 2.21. The topological polar surface area (TPSA) is 44.3 Å². The largest absolute Gasteiger partial charge is 0.355 e. The SMILES string of the molecule is CN1CCC(N(C)c2ccc(CNC(C)(C)C)nn2)CC1. The van der Waals surface area contributed by atoms with Gasteiger partial charge in [0.15, 0.2) is 5.82 Å². The molecule has 21 heavy (non-hydrogen) atoms. The molecule has 1 aromatic heterocycles. The van der Waals surface area contributed by atoms with Crippen molar-refractivity contribution < 1.29 is 0 Å². The van der Waals surface area contributed by atoms with Gasteiger partial charge in [0, 0.05) is 25.2 Å². The smallest absolute Gasteiger partial charge is 0.151 e. The zero-order valence-electron chi connectivity index (χ0n) is 14.1. The van der Waals surface area contributed by atoms with E-state index in [1.807, 2.05) is 0 Å². The first kappa shape index (κ1) is 16.2. The van der Waals surface area contributed by atoms with Crippen molar-refractivity contribution in [2.24, 2.45) is 0 Å². The van der Waals surface area contributed by atoms with E-state index < -0.39 is 0 Å². The van der Waals surface area contributed by atoms with Gasteiger partial charge in [-0.3, -0.25) is 0 Å². The van der Waals surface area contributed by atoms with Gasteiger partial charge in [0.2, 0.25) is 0 Å². The Kier molecular flexibility index (Phi) is 5.17. The Bertz CT molecular complexity index is 429. The summed E-state index contributed by atoms with van der Waals surface area (Å²) in [4.78, 5) is 4.66. The van der Waals surface area contributed by atoms with E-state index in [-0.39, 0.29) is 5.54 Å². The van der Waals surface area contributed by atoms with Crippen molar-refractivity contribution in [2.75, 3.05) is 32.1 Å². The number of anilines is 1. The van der Waals surface area contributed by atoms with E-state index in [0.29, 0.717) is 6.04 Å². The van der Waals surface area contributed by atoms with Crippen LogP contribution < -0.4 is 10.2 Å². The molecule has 1 aliphatic heterocycles. The Labute approximate surface area is 128 Å². The fraction of sp³-hybridized carbons (Fsp3) is 0.750. The van der Waals surface area contributed by atoms with Gasteiger partial charge in [-0.15, -0.1) is 5.10 Å². The molecule has 1 fully saturated rings. The van der Waals surface area contributed by atoms with E-state index in [4.69, 9.17) is 0 Å². The predicted octanol–water partition coefficient (Wildman–Crippen LogP) is 1.90. The molecule has 0 bridgehead atoms. The monoisotopic (exact) mass is 291 g/mol. The van der Waals surface area contributed by atoms with E-state index in [2.05, 4.69) is 72.3 Å². The minimum atomic E-state index is 0.102. The number of likely N-dealkylation sites (tertiary alicyclic amines) is 1. The second-order valence-electron chi connectivity index (χ2n) is 7.13. The number of piperidine rings is 1. The highest BCUT2D eigenvalue weighted by molar-refractivity contribution is 5.37. The lowest BCUT2D eigenvalue weighted by atomic mass is 10.0. The minimum Gasteiger partial charge on any atom is -0.355 e. The van der Waals surface area contributed by atoms with Gasteiger partial charge in [0.25, 0.3) is 0 Å². The van der Waals surface area contributed by atoms with Gasteiger partial charge in [-0.2, -0.15) is 5.10 Å². The van der Waals surface area contributed by atoms with Crippen LogP contribution in [0.25, 0.3) is 0 Å². The standard InChI is InChI=1S/C16H29N5/c1-16(2,3)17-12-13-6-7-15(19-18-13)21(5)14-8-10-20(4)11-9-14/h6-7,14,17H,8-12H2,1-5H3. The molecule has 1 aliphatic rings. The summed E-state index contributed by atoms with van der Waals surface area (Å²) >= 11 is 0. The van der Waals surface area contributed by atoms with E-state index in [1.54, 1.807) is 0 Å². The number of nitrogens with one attached hydrogen (secondary N) is 1. The molecule has 5 nitrogen and oxygen atoms in total. The summed E-state index contributed by atoms with van der Waals surface area (Å²) in [5, 5.41) is 12.2. The molecule has 2 rings (SSSR count). The first-order chi connectivity index (χ1) is 9.85. The number of rotatable bonds is 4. The lowest BCUT2D eigenvalue weighted by Gasteiger charge is -2.35. The molecule has 1 aromatic rings. The third-order valence-electron chi connectivity index (χ3n) is 4.10. The summed E-state index contributed by atoms with van der Waals surface area (Å²) in [6.45, 7) is 9.55. The van der Waals surface area contributed by atoms with Crippen LogP contribution in [0.2, 0.25) is 0 Å². The molecule has 118 valence electrons. The van der Waals surface area contributed by atoms with Crippen molar-refractivity contribution in [3.63, 3.8) is 0 Å². The molecule has 0 aliphatic carbocycles. The highest BCUT2D eigenvalue weighted by atomic mass is 15.3. The molecule has 0 aromatic carbocycles. The highest BCUT2D eigenvalue weighted by Crippen LogP contribution is 2.19. The molecule has 0 atom stereocenters. The number of aromatic nitrogens is 2. The Balaban J connectivity index is 1.92. The van der Waals surface area contributed by atoms with E-state index in [9.17, 15) is 0 Å². The van der Waals surface area contributed by atoms with Crippen LogP contribution in [0, 0.1) is 0 Å². The number of hydrogen-bond acceptors (Lipinski definition) is 5. The van der Waals surface area contributed by atoms with Crippen molar-refractivity contribution in [3.8, 4) is 0 Å². The van der Waals surface area contributed by atoms with Crippen molar-refractivity contribution in [1.29, 1.82) is 0 Å². The zero-order chi connectivity index (χ0) is 15.5. The van der Waals surface area contributed by atoms with Gasteiger partial charge in [-0.1, -0.05) is 0 Å². The summed E-state index contributed by atoms with van der Waals surface area (Å²) < 4.78 is 0. The Morgan fingerprint density at radius 3 is 2.43 bits per heavy atom. The molecular formula is C16H29N5. The Hall–Kier alpha value is -1.20. The van der Waals surface area contributed by atoms with Crippen molar-refractivity contribution >= 4 is 5.82 Å². The van der Waals surface area contributed by atoms with Crippen LogP contribution in [-0.4, -0.2) is 53.9 Å². The van der Waals surface area contributed by atoms with Crippen molar-refractivity contribution in [1.82, 2.24) is 20.4 Å². The maximum atomic E-state index is 4.40. The molecule has 0 spiro atoms. The average Bonchev–Trinajstić information content (AvgIpc) is 2.45. The minimum absolute atomic E-state index is 0.102. The second-order valence-corrected chi connectivity index (χ2v) is 7.13. The molecule has 0 amide bonds. The second kappa shape index (κ2) is 6.71. The fourth-order valence-electron chi connectivity index (χ4n) is 2.56. The number of nitrogens with zero attached hydrogens (tertiary/aromatic N) is 4. The Morgan fingerprint density at radius 1 is 1.24 bits per heavy atom. The van der Waals surface area contributed by atoms with Crippen LogP contribution in [-0.2, 0) is 6.54 Å². The summed E-state index contributed by atoms with van der Waals surface area (Å²) in [6, 6.07) is 4.74. The van der Waals surface area contributed by atoms with Gasteiger partial charge in [-0.05, 0) is 65.9 Å². The molecule has 1 N–H and O–H groups in total. The van der Waals surface area contributed by atoms with E-state index >= 15 is 0 Å². The van der Waals surface area contributed by atoms with Gasteiger partial charge < -0.3 is 15.1 Å². The van der Waals surface area contributed by atoms with Crippen molar-refractivity contribution in [3.05, 3.63) is 17.8 Å². The van der Waals surface area contributed by atoms with Gasteiger partial charge in [0.05, 0.1) is 5.69 Å². The van der Waals surface area contributed by atoms with Crippen LogP contribution >= 0.6 is 0 Å². The maximum absolute atomic E-state index is 4.40. The quantitative estimate of drug-likeness (QED) is 0.918. The average molecular weight is 291 g/mol. The van der Waals surface area contributed by atoms with Gasteiger partial charge >= 0.3 is 0 Å². The van der Waals surface area contributed by atoms with Gasteiger partial charge in [-0.25, -0.2) is 0 Å². The normalized spacial score (nSPS) is 18.0. The number of hydrogen-bond donors (Lipinski definition) is 1. The summed E-state index contributed by atoms with van der Waals surface area (Å²) in [5.74, 6) is 0.976. The van der Waals surface area contributed by atoms with Crippen LogP contribution in [0.4, 0.5) is 5.82 Å². The molecule has 1 saturated heterocycles. The fourth-order valence-corrected chi connectivity index (χ4v) is 2.56. The Morgan fingerprint density at radius 2 is 1.90 bits per heavy atom. The third-order valence-corrected chi connectivity index (χ3v) is 4.10. The molecular weight excluding hydrogens is 262 g/mol. The van der Waals surface area contributed by atoms with Gasteiger partial charge in [0.1, 0.15) is 0 Å².